The van der Waals surface area contributed by atoms with Crippen molar-refractivity contribution in [2.75, 3.05) is 25.1 Å². The highest BCUT2D eigenvalue weighted by atomic mass is 16.5. The average molecular weight is 278 g/mol. The van der Waals surface area contributed by atoms with Gasteiger partial charge in [0.25, 0.3) is 0 Å². The van der Waals surface area contributed by atoms with Crippen LogP contribution in [0.3, 0.4) is 0 Å². The third kappa shape index (κ3) is 2.78. The second-order valence-corrected chi connectivity index (χ2v) is 5.43. The van der Waals surface area contributed by atoms with Gasteiger partial charge in [0.05, 0.1) is 30.9 Å². The van der Waals surface area contributed by atoms with Gasteiger partial charge in [-0.3, -0.25) is 4.79 Å². The van der Waals surface area contributed by atoms with Crippen molar-refractivity contribution in [3.8, 4) is 5.75 Å². The molecule has 1 aromatic rings. The lowest BCUT2D eigenvalue weighted by molar-refractivity contribution is -0.125. The highest BCUT2D eigenvalue weighted by Gasteiger charge is 2.44. The zero-order chi connectivity index (χ0) is 14.8. The van der Waals surface area contributed by atoms with E-state index >= 15 is 0 Å². The molecule has 5 nitrogen and oxygen atoms in total. The minimum absolute atomic E-state index is 0.132. The van der Waals surface area contributed by atoms with Gasteiger partial charge >= 0.3 is 0 Å². The summed E-state index contributed by atoms with van der Waals surface area (Å²) in [6, 6.07) is 5.41. The molecule has 1 amide bonds. The first-order chi connectivity index (χ1) is 9.47. The lowest BCUT2D eigenvalue weighted by atomic mass is 9.85. The van der Waals surface area contributed by atoms with Gasteiger partial charge in [0.2, 0.25) is 5.91 Å². The molecule has 1 heterocycles. The molecule has 1 saturated heterocycles. The van der Waals surface area contributed by atoms with Crippen LogP contribution < -0.4 is 15.8 Å². The van der Waals surface area contributed by atoms with E-state index in [0.29, 0.717) is 31.3 Å². The summed E-state index contributed by atoms with van der Waals surface area (Å²) in [6.07, 6.45) is 0. The predicted octanol–water partition coefficient (Wildman–Crippen LogP) is 1.70. The number of carbonyl (C=O) groups excluding carboxylic acids is 1. The molecule has 20 heavy (non-hydrogen) atoms. The first kappa shape index (κ1) is 14.8. The van der Waals surface area contributed by atoms with Crippen LogP contribution in [-0.2, 0) is 9.53 Å². The quantitative estimate of drug-likeness (QED) is 0.879. The molecule has 3 N–H and O–H groups in total. The Balaban J connectivity index is 2.19. The van der Waals surface area contributed by atoms with Crippen LogP contribution in [0, 0.1) is 12.3 Å². The number of benzene rings is 1. The molecule has 110 valence electrons. The smallest absolute Gasteiger partial charge is 0.234 e. The number of aryl methyl sites for hydroxylation is 1. The SMILES string of the molecule is CCOc1cc(C)ccc1NC(=O)C1(C)COCC1N. The highest BCUT2D eigenvalue weighted by Crippen LogP contribution is 2.31. The number of hydrogen-bond acceptors (Lipinski definition) is 4. The number of ether oxygens (including phenoxy) is 2. The van der Waals surface area contributed by atoms with E-state index in [0.717, 1.165) is 5.56 Å². The fourth-order valence-corrected chi connectivity index (χ4v) is 2.20. The summed E-state index contributed by atoms with van der Waals surface area (Å²) < 4.78 is 10.9. The van der Waals surface area contributed by atoms with Gasteiger partial charge in [-0.15, -0.1) is 0 Å². The summed E-state index contributed by atoms with van der Waals surface area (Å²) in [4.78, 5) is 12.5. The Labute approximate surface area is 119 Å². The molecule has 1 fully saturated rings. The number of hydrogen-bond donors (Lipinski definition) is 2. The second kappa shape index (κ2) is 5.81. The maximum absolute atomic E-state index is 12.5. The molecule has 0 aliphatic carbocycles. The zero-order valence-corrected chi connectivity index (χ0v) is 12.2. The highest BCUT2D eigenvalue weighted by molar-refractivity contribution is 5.97. The molecule has 0 spiro atoms. The molecule has 5 heteroatoms. The van der Waals surface area contributed by atoms with Crippen LogP contribution in [-0.4, -0.2) is 31.8 Å². The summed E-state index contributed by atoms with van der Waals surface area (Å²) in [5.41, 5.74) is 7.02. The van der Waals surface area contributed by atoms with Gasteiger partial charge in [0.1, 0.15) is 5.75 Å². The number of carbonyl (C=O) groups is 1. The normalized spacial score (nSPS) is 25.5. The average Bonchev–Trinajstić information content (AvgIpc) is 2.74. The Morgan fingerprint density at radius 1 is 1.60 bits per heavy atom. The number of nitrogens with two attached hydrogens (primary N) is 1. The van der Waals surface area contributed by atoms with Crippen molar-refractivity contribution in [3.05, 3.63) is 23.8 Å². The Morgan fingerprint density at radius 3 is 2.95 bits per heavy atom. The number of rotatable bonds is 4. The monoisotopic (exact) mass is 278 g/mol. The third-order valence-corrected chi connectivity index (χ3v) is 3.72. The summed E-state index contributed by atoms with van der Waals surface area (Å²) in [5.74, 6) is 0.546. The maximum atomic E-state index is 12.5. The fraction of sp³-hybridized carbons (Fsp3) is 0.533. The zero-order valence-electron chi connectivity index (χ0n) is 12.2. The standard InChI is InChI=1S/C15H22N2O3/c1-4-20-12-7-10(2)5-6-11(12)17-14(18)15(3)9-19-8-13(15)16/h5-7,13H,4,8-9,16H2,1-3H3,(H,17,18). The number of amides is 1. The molecule has 1 aliphatic rings. The Bertz CT molecular complexity index is 504. The maximum Gasteiger partial charge on any atom is 0.234 e. The minimum atomic E-state index is -0.700. The summed E-state index contributed by atoms with van der Waals surface area (Å²) >= 11 is 0. The third-order valence-electron chi connectivity index (χ3n) is 3.72. The van der Waals surface area contributed by atoms with Crippen LogP contribution in [0.15, 0.2) is 18.2 Å². The first-order valence-electron chi connectivity index (χ1n) is 6.85. The van der Waals surface area contributed by atoms with Crippen LogP contribution in [0.4, 0.5) is 5.69 Å². The lowest BCUT2D eigenvalue weighted by Gasteiger charge is -2.26. The van der Waals surface area contributed by atoms with Gasteiger partial charge in [-0.2, -0.15) is 0 Å². The van der Waals surface area contributed by atoms with Crippen molar-refractivity contribution in [1.29, 1.82) is 0 Å². The molecule has 2 atom stereocenters. The van der Waals surface area contributed by atoms with E-state index in [1.807, 2.05) is 39.0 Å². The van der Waals surface area contributed by atoms with Gasteiger partial charge in [0.15, 0.2) is 0 Å². The number of nitrogens with one attached hydrogen (secondary N) is 1. The summed E-state index contributed by atoms with van der Waals surface area (Å²) in [5, 5.41) is 2.91. The summed E-state index contributed by atoms with van der Waals surface area (Å²) in [6.45, 7) is 7.03. The largest absolute Gasteiger partial charge is 0.492 e. The molecular formula is C15H22N2O3. The number of anilines is 1. The van der Waals surface area contributed by atoms with Crippen LogP contribution in [0.5, 0.6) is 5.75 Å². The van der Waals surface area contributed by atoms with Crippen LogP contribution in [0.2, 0.25) is 0 Å². The van der Waals surface area contributed by atoms with Crippen molar-refractivity contribution in [2.45, 2.75) is 26.8 Å². The van der Waals surface area contributed by atoms with Gasteiger partial charge in [-0.25, -0.2) is 0 Å². The van der Waals surface area contributed by atoms with E-state index in [1.54, 1.807) is 0 Å². The van der Waals surface area contributed by atoms with E-state index in [-0.39, 0.29) is 11.9 Å². The van der Waals surface area contributed by atoms with E-state index in [2.05, 4.69) is 5.32 Å². The molecule has 0 bridgehead atoms. The lowest BCUT2D eigenvalue weighted by Crippen LogP contribution is -2.47. The van der Waals surface area contributed by atoms with Crippen LogP contribution in [0.1, 0.15) is 19.4 Å². The van der Waals surface area contributed by atoms with Crippen molar-refractivity contribution in [2.24, 2.45) is 11.1 Å². The Hall–Kier alpha value is -1.59. The molecule has 2 rings (SSSR count). The topological polar surface area (TPSA) is 73.6 Å². The molecule has 1 aromatic carbocycles. The van der Waals surface area contributed by atoms with Crippen LogP contribution >= 0.6 is 0 Å². The van der Waals surface area contributed by atoms with E-state index in [9.17, 15) is 4.79 Å². The molecule has 0 saturated carbocycles. The van der Waals surface area contributed by atoms with Crippen molar-refractivity contribution in [3.63, 3.8) is 0 Å². The van der Waals surface area contributed by atoms with Gasteiger partial charge in [-0.1, -0.05) is 6.07 Å². The molecular weight excluding hydrogens is 256 g/mol. The van der Waals surface area contributed by atoms with Crippen LogP contribution in [0.25, 0.3) is 0 Å². The molecule has 0 radical (unpaired) electrons. The summed E-state index contributed by atoms with van der Waals surface area (Å²) in [7, 11) is 0. The molecule has 2 unspecified atom stereocenters. The van der Waals surface area contributed by atoms with Gasteiger partial charge in [-0.05, 0) is 38.5 Å². The van der Waals surface area contributed by atoms with Gasteiger partial charge in [0, 0.05) is 6.04 Å². The Kier molecular flexibility index (Phi) is 4.30. The molecule has 0 aromatic heterocycles. The fourth-order valence-electron chi connectivity index (χ4n) is 2.20. The van der Waals surface area contributed by atoms with E-state index in [4.69, 9.17) is 15.2 Å². The second-order valence-electron chi connectivity index (χ2n) is 5.43. The van der Waals surface area contributed by atoms with Crippen molar-refractivity contribution < 1.29 is 14.3 Å². The first-order valence-corrected chi connectivity index (χ1v) is 6.85. The van der Waals surface area contributed by atoms with Crippen molar-refractivity contribution in [1.82, 2.24) is 0 Å². The Morgan fingerprint density at radius 2 is 2.35 bits per heavy atom. The minimum Gasteiger partial charge on any atom is -0.492 e. The van der Waals surface area contributed by atoms with E-state index in [1.165, 1.54) is 0 Å². The van der Waals surface area contributed by atoms with E-state index < -0.39 is 5.41 Å². The molecule has 1 aliphatic heterocycles. The van der Waals surface area contributed by atoms with Gasteiger partial charge < -0.3 is 20.5 Å². The van der Waals surface area contributed by atoms with Crippen molar-refractivity contribution >= 4 is 11.6 Å². The predicted molar refractivity (Wildman–Crippen MR) is 77.9 cm³/mol.